The molecule has 4 heteroatoms. The maximum Gasteiger partial charge on any atom is 0.0991 e. The first-order chi connectivity index (χ1) is 24.6. The number of benzene rings is 8. The van der Waals surface area contributed by atoms with E-state index in [0.29, 0.717) is 11.1 Å². The summed E-state index contributed by atoms with van der Waals surface area (Å²) in [7, 11) is 0. The van der Waals surface area contributed by atoms with Gasteiger partial charge in [0.15, 0.2) is 0 Å². The Kier molecular flexibility index (Phi) is 7.10. The lowest BCUT2D eigenvalue weighted by Gasteiger charge is -2.26. The van der Waals surface area contributed by atoms with E-state index >= 15 is 0 Å². The van der Waals surface area contributed by atoms with E-state index in [4.69, 9.17) is 0 Å². The Morgan fingerprint density at radius 3 is 1.40 bits per heavy atom. The summed E-state index contributed by atoms with van der Waals surface area (Å²) >= 11 is 1.83. The molecule has 3 nitrogen and oxygen atoms in total. The minimum Gasteiger partial charge on any atom is -0.310 e. The molecule has 0 aliphatic carbocycles. The van der Waals surface area contributed by atoms with Crippen LogP contribution in [0.1, 0.15) is 11.1 Å². The molecule has 0 N–H and O–H groups in total. The molecule has 0 atom stereocenters. The van der Waals surface area contributed by atoms with Crippen LogP contribution in [0.15, 0.2) is 164 Å². The van der Waals surface area contributed by atoms with E-state index in [1.165, 1.54) is 20.2 Å². The SMILES string of the molecule is N#Cc1ccc2cc(-c3ccc(N(c4ccc(-c5ccc6cc(C#N)ccc6c5)cc4)c4ccc5sc6ccccc6c5c4)cc3)ccc2c1. The molecule has 232 valence electrons. The maximum atomic E-state index is 9.31. The van der Waals surface area contributed by atoms with Crippen molar-refractivity contribution in [1.29, 1.82) is 10.5 Å². The van der Waals surface area contributed by atoms with Gasteiger partial charge in [0.05, 0.1) is 23.3 Å². The molecular formula is C46H27N3S. The zero-order valence-corrected chi connectivity index (χ0v) is 27.7. The summed E-state index contributed by atoms with van der Waals surface area (Å²) in [6.45, 7) is 0. The van der Waals surface area contributed by atoms with E-state index < -0.39 is 0 Å². The third-order valence-corrected chi connectivity index (χ3v) is 10.6. The highest BCUT2D eigenvalue weighted by atomic mass is 32.1. The number of fused-ring (bicyclic) bond motifs is 5. The molecular weight excluding hydrogens is 627 g/mol. The van der Waals surface area contributed by atoms with E-state index in [-0.39, 0.29) is 0 Å². The van der Waals surface area contributed by atoms with E-state index in [2.05, 4.69) is 144 Å². The minimum absolute atomic E-state index is 0.670. The molecule has 0 spiro atoms. The molecule has 0 aliphatic rings. The van der Waals surface area contributed by atoms with Crippen LogP contribution in [-0.2, 0) is 0 Å². The summed E-state index contributed by atoms with van der Waals surface area (Å²) in [4.78, 5) is 2.33. The van der Waals surface area contributed by atoms with Crippen LogP contribution in [0.25, 0.3) is 64.0 Å². The maximum absolute atomic E-state index is 9.31. The first-order valence-corrected chi connectivity index (χ1v) is 17.3. The third kappa shape index (κ3) is 5.22. The Hall–Kier alpha value is -6.72. The van der Waals surface area contributed by atoms with Crippen LogP contribution in [0.5, 0.6) is 0 Å². The molecule has 0 saturated carbocycles. The lowest BCUT2D eigenvalue weighted by Crippen LogP contribution is -2.09. The molecule has 0 radical (unpaired) electrons. The van der Waals surface area contributed by atoms with Crippen LogP contribution in [-0.4, -0.2) is 0 Å². The molecule has 0 amide bonds. The van der Waals surface area contributed by atoms with Gasteiger partial charge in [-0.2, -0.15) is 10.5 Å². The largest absolute Gasteiger partial charge is 0.310 e. The minimum atomic E-state index is 0.670. The molecule has 50 heavy (non-hydrogen) atoms. The number of nitrogens with zero attached hydrogens (tertiary/aromatic N) is 3. The van der Waals surface area contributed by atoms with Crippen molar-refractivity contribution in [3.63, 3.8) is 0 Å². The third-order valence-electron chi connectivity index (χ3n) is 9.47. The Labute approximate surface area is 293 Å². The predicted octanol–water partition coefficient (Wildman–Crippen LogP) is 12.9. The second kappa shape index (κ2) is 12.1. The quantitative estimate of drug-likeness (QED) is 0.186. The van der Waals surface area contributed by atoms with Crippen LogP contribution in [0.3, 0.4) is 0 Å². The summed E-state index contributed by atoms with van der Waals surface area (Å²) in [6.07, 6.45) is 0. The van der Waals surface area contributed by atoms with Crippen molar-refractivity contribution in [2.24, 2.45) is 0 Å². The van der Waals surface area contributed by atoms with Crippen molar-refractivity contribution < 1.29 is 0 Å². The fourth-order valence-corrected chi connectivity index (χ4v) is 7.98. The van der Waals surface area contributed by atoms with Crippen molar-refractivity contribution in [3.05, 3.63) is 175 Å². The van der Waals surface area contributed by atoms with Gasteiger partial charge in [-0.15, -0.1) is 11.3 Å². The second-order valence-electron chi connectivity index (χ2n) is 12.5. The van der Waals surface area contributed by atoms with E-state index in [0.717, 1.165) is 60.9 Å². The monoisotopic (exact) mass is 653 g/mol. The Morgan fingerprint density at radius 1 is 0.380 bits per heavy atom. The molecule has 8 aromatic carbocycles. The van der Waals surface area contributed by atoms with Crippen LogP contribution >= 0.6 is 11.3 Å². The van der Waals surface area contributed by atoms with Gasteiger partial charge in [0.2, 0.25) is 0 Å². The number of hydrogen-bond donors (Lipinski definition) is 0. The molecule has 1 aromatic heterocycles. The Bertz CT molecular complexity index is 2690. The van der Waals surface area contributed by atoms with Crippen molar-refractivity contribution >= 4 is 70.1 Å². The molecule has 0 bridgehead atoms. The van der Waals surface area contributed by atoms with Crippen LogP contribution < -0.4 is 4.90 Å². The lowest BCUT2D eigenvalue weighted by molar-refractivity contribution is 1.29. The number of anilines is 3. The van der Waals surface area contributed by atoms with Crippen LogP contribution in [0.2, 0.25) is 0 Å². The number of thiophene rings is 1. The zero-order valence-electron chi connectivity index (χ0n) is 26.8. The summed E-state index contributed by atoms with van der Waals surface area (Å²) < 4.78 is 2.57. The van der Waals surface area contributed by atoms with Crippen molar-refractivity contribution in [3.8, 4) is 34.4 Å². The van der Waals surface area contributed by atoms with Gasteiger partial charge >= 0.3 is 0 Å². The number of hydrogen-bond acceptors (Lipinski definition) is 4. The van der Waals surface area contributed by atoms with E-state index in [9.17, 15) is 10.5 Å². The first kappa shape index (κ1) is 29.4. The second-order valence-corrected chi connectivity index (χ2v) is 13.6. The molecule has 1 heterocycles. The van der Waals surface area contributed by atoms with Gasteiger partial charge < -0.3 is 4.90 Å². The Balaban J connectivity index is 1.12. The highest BCUT2D eigenvalue weighted by Gasteiger charge is 2.16. The zero-order chi connectivity index (χ0) is 33.6. The van der Waals surface area contributed by atoms with Crippen molar-refractivity contribution in [1.82, 2.24) is 0 Å². The molecule has 9 rings (SSSR count). The lowest BCUT2D eigenvalue weighted by atomic mass is 9.99. The average molecular weight is 654 g/mol. The molecule has 0 fully saturated rings. The van der Waals surface area contributed by atoms with Crippen LogP contribution in [0.4, 0.5) is 17.1 Å². The van der Waals surface area contributed by atoms with Gasteiger partial charge in [0.1, 0.15) is 0 Å². The van der Waals surface area contributed by atoms with Gasteiger partial charge in [-0.05, 0) is 129 Å². The summed E-state index contributed by atoms with van der Waals surface area (Å²) in [5, 5.41) is 25.5. The highest BCUT2D eigenvalue weighted by molar-refractivity contribution is 7.25. The normalized spacial score (nSPS) is 11.2. The number of rotatable bonds is 5. The predicted molar refractivity (Wildman–Crippen MR) is 209 cm³/mol. The summed E-state index contributed by atoms with van der Waals surface area (Å²) in [6, 6.07) is 61.8. The standard InChI is InChI=1S/C46H27N3S/c47-28-30-5-7-38-25-36(11-9-34(38)23-30)32-13-17-40(18-14-32)49(42-21-22-46-44(27-42)43-3-1-2-4-45(43)50-46)41-19-15-33(16-20-41)37-12-10-35-24-31(29-48)6-8-39(35)26-37/h1-27H. The van der Waals surface area contributed by atoms with Gasteiger partial charge in [0, 0.05) is 37.2 Å². The fraction of sp³-hybridized carbons (Fsp3) is 0. The topological polar surface area (TPSA) is 50.8 Å². The molecule has 0 unspecified atom stereocenters. The van der Waals surface area contributed by atoms with Gasteiger partial charge in [-0.3, -0.25) is 0 Å². The average Bonchev–Trinajstić information content (AvgIpc) is 3.56. The van der Waals surface area contributed by atoms with E-state index in [1.807, 2.05) is 47.7 Å². The summed E-state index contributed by atoms with van der Waals surface area (Å²) in [5.74, 6) is 0. The van der Waals surface area contributed by atoms with Gasteiger partial charge in [-0.25, -0.2) is 0 Å². The van der Waals surface area contributed by atoms with Crippen LogP contribution in [0, 0.1) is 22.7 Å². The van der Waals surface area contributed by atoms with E-state index in [1.54, 1.807) is 0 Å². The summed E-state index contributed by atoms with van der Waals surface area (Å²) in [5.41, 5.74) is 9.11. The highest BCUT2D eigenvalue weighted by Crippen LogP contribution is 2.41. The first-order valence-electron chi connectivity index (χ1n) is 16.4. The van der Waals surface area contributed by atoms with Gasteiger partial charge in [0.25, 0.3) is 0 Å². The molecule has 0 aliphatic heterocycles. The Morgan fingerprint density at radius 2 is 0.840 bits per heavy atom. The molecule has 9 aromatic rings. The smallest absolute Gasteiger partial charge is 0.0991 e. The van der Waals surface area contributed by atoms with Gasteiger partial charge in [-0.1, -0.05) is 78.9 Å². The van der Waals surface area contributed by atoms with Crippen molar-refractivity contribution in [2.75, 3.05) is 4.90 Å². The van der Waals surface area contributed by atoms with Crippen molar-refractivity contribution in [2.45, 2.75) is 0 Å². The molecule has 0 saturated heterocycles. The fourth-order valence-electron chi connectivity index (χ4n) is 6.90. The number of nitriles is 2.